The molecule has 4 bridgehead atoms. The Kier molecular flexibility index (Phi) is 2.55. The third-order valence-electron chi connectivity index (χ3n) is 5.28. The number of nitrogens with one attached hydrogen (secondary N) is 1. The van der Waals surface area contributed by atoms with Crippen LogP contribution < -0.4 is 11.1 Å². The average Bonchev–Trinajstić information content (AvgIpc) is 2.22. The van der Waals surface area contributed by atoms with E-state index in [4.69, 9.17) is 5.73 Å². The molecule has 0 aromatic rings. The van der Waals surface area contributed by atoms with Crippen molar-refractivity contribution in [3.63, 3.8) is 0 Å². The molecule has 4 nitrogen and oxygen atoms in total. The van der Waals surface area contributed by atoms with Crippen LogP contribution in [0.5, 0.6) is 0 Å². The molecule has 1 amide bonds. The van der Waals surface area contributed by atoms with Gasteiger partial charge in [-0.2, -0.15) is 0 Å². The molecule has 4 rings (SSSR count). The molecule has 4 saturated carbocycles. The first kappa shape index (κ1) is 12.4. The molecule has 4 aliphatic rings. The molecular weight excluding hydrogens is 228 g/mol. The third-order valence-corrected chi connectivity index (χ3v) is 5.28. The van der Waals surface area contributed by atoms with E-state index in [1.807, 2.05) is 0 Å². The lowest BCUT2D eigenvalue weighted by Gasteiger charge is -2.59. The second kappa shape index (κ2) is 3.70. The molecule has 2 unspecified atom stereocenters. The zero-order valence-corrected chi connectivity index (χ0v) is 11.3. The number of carbonyl (C=O) groups excluding carboxylic acids is 1. The van der Waals surface area contributed by atoms with Crippen LogP contribution in [-0.4, -0.2) is 28.2 Å². The van der Waals surface area contributed by atoms with Crippen molar-refractivity contribution in [1.82, 2.24) is 5.32 Å². The van der Waals surface area contributed by atoms with Crippen LogP contribution in [-0.2, 0) is 4.79 Å². The summed E-state index contributed by atoms with van der Waals surface area (Å²) < 4.78 is 0. The Bertz CT molecular complexity index is 358. The maximum Gasteiger partial charge on any atom is 0.251 e. The fraction of sp³-hybridized carbons (Fsp3) is 0.929. The summed E-state index contributed by atoms with van der Waals surface area (Å²) in [6.45, 7) is 3.10. The standard InChI is InChI=1S/C14H24N2O2/c1-13(2,18)12(17)16-14-5-8-3-9(6-14)11(15)10(4-8)7-14/h8-11,18H,3-7,15H2,1-2H3,(H,16,17). The smallest absolute Gasteiger partial charge is 0.251 e. The Morgan fingerprint density at radius 3 is 2.33 bits per heavy atom. The van der Waals surface area contributed by atoms with Gasteiger partial charge in [-0.1, -0.05) is 0 Å². The number of amides is 1. The number of nitrogens with two attached hydrogens (primary N) is 1. The molecule has 102 valence electrons. The first-order chi connectivity index (χ1) is 8.29. The SMILES string of the molecule is CC(C)(O)C(=O)NC12CC3CC(C1)C(N)C(C3)C2. The number of carbonyl (C=O) groups is 1. The molecule has 4 heteroatoms. The maximum absolute atomic E-state index is 12.0. The first-order valence-corrected chi connectivity index (χ1v) is 7.10. The summed E-state index contributed by atoms with van der Waals surface area (Å²) in [4.78, 5) is 12.0. The summed E-state index contributed by atoms with van der Waals surface area (Å²) in [5.41, 5.74) is 4.91. The van der Waals surface area contributed by atoms with Crippen molar-refractivity contribution >= 4 is 5.91 Å². The van der Waals surface area contributed by atoms with E-state index >= 15 is 0 Å². The summed E-state index contributed by atoms with van der Waals surface area (Å²) in [6, 6.07) is 0.328. The van der Waals surface area contributed by atoms with Gasteiger partial charge < -0.3 is 16.2 Å². The van der Waals surface area contributed by atoms with E-state index in [-0.39, 0.29) is 11.4 Å². The second-order valence-corrected chi connectivity index (χ2v) is 7.34. The molecule has 4 N–H and O–H groups in total. The van der Waals surface area contributed by atoms with Gasteiger partial charge >= 0.3 is 0 Å². The largest absolute Gasteiger partial charge is 0.381 e. The second-order valence-electron chi connectivity index (χ2n) is 7.34. The summed E-state index contributed by atoms with van der Waals surface area (Å²) in [5, 5.41) is 12.9. The van der Waals surface area contributed by atoms with Gasteiger partial charge in [0.2, 0.25) is 0 Å². The lowest BCUT2D eigenvalue weighted by atomic mass is 9.51. The highest BCUT2D eigenvalue weighted by molar-refractivity contribution is 5.84. The van der Waals surface area contributed by atoms with Gasteiger partial charge in [0.05, 0.1) is 0 Å². The van der Waals surface area contributed by atoms with Gasteiger partial charge in [0.1, 0.15) is 5.60 Å². The highest BCUT2D eigenvalue weighted by Gasteiger charge is 2.55. The Morgan fingerprint density at radius 1 is 1.28 bits per heavy atom. The fourth-order valence-electron chi connectivity index (χ4n) is 4.61. The van der Waals surface area contributed by atoms with Crippen LogP contribution in [0.4, 0.5) is 0 Å². The van der Waals surface area contributed by atoms with E-state index in [9.17, 15) is 9.90 Å². The topological polar surface area (TPSA) is 75.3 Å². The predicted octanol–water partition coefficient (Wildman–Crippen LogP) is 0.779. The van der Waals surface area contributed by atoms with E-state index in [1.54, 1.807) is 13.8 Å². The zero-order chi connectivity index (χ0) is 13.1. The lowest BCUT2D eigenvalue weighted by molar-refractivity contribution is -0.142. The molecule has 0 radical (unpaired) electrons. The molecule has 4 fully saturated rings. The van der Waals surface area contributed by atoms with E-state index in [0.29, 0.717) is 17.9 Å². The Balaban J connectivity index is 1.78. The molecule has 0 saturated heterocycles. The van der Waals surface area contributed by atoms with Gasteiger partial charge in [-0.25, -0.2) is 0 Å². The van der Waals surface area contributed by atoms with Crippen LogP contribution >= 0.6 is 0 Å². The van der Waals surface area contributed by atoms with Crippen molar-refractivity contribution in [2.75, 3.05) is 0 Å². The van der Waals surface area contributed by atoms with Crippen molar-refractivity contribution in [3.05, 3.63) is 0 Å². The molecule has 0 aromatic carbocycles. The van der Waals surface area contributed by atoms with E-state index in [0.717, 1.165) is 25.2 Å². The van der Waals surface area contributed by atoms with Crippen molar-refractivity contribution in [2.24, 2.45) is 23.5 Å². The molecule has 18 heavy (non-hydrogen) atoms. The van der Waals surface area contributed by atoms with Gasteiger partial charge in [-0.3, -0.25) is 4.79 Å². The summed E-state index contributed by atoms with van der Waals surface area (Å²) in [7, 11) is 0. The minimum absolute atomic E-state index is 0.0799. The van der Waals surface area contributed by atoms with Crippen LogP contribution in [0.25, 0.3) is 0 Å². The van der Waals surface area contributed by atoms with Crippen molar-refractivity contribution in [3.8, 4) is 0 Å². The van der Waals surface area contributed by atoms with Gasteiger partial charge in [-0.05, 0) is 63.7 Å². The van der Waals surface area contributed by atoms with Crippen LogP contribution in [0.15, 0.2) is 0 Å². The van der Waals surface area contributed by atoms with Crippen molar-refractivity contribution in [2.45, 2.75) is 63.1 Å². The minimum atomic E-state index is -1.29. The predicted molar refractivity (Wildman–Crippen MR) is 68.7 cm³/mol. The zero-order valence-electron chi connectivity index (χ0n) is 11.3. The normalized spacial score (nSPS) is 46.2. The Hall–Kier alpha value is -0.610. The van der Waals surface area contributed by atoms with Crippen LogP contribution in [0.3, 0.4) is 0 Å². The summed E-state index contributed by atoms with van der Waals surface area (Å²) in [5.74, 6) is 1.62. The van der Waals surface area contributed by atoms with Crippen molar-refractivity contribution < 1.29 is 9.90 Å². The maximum atomic E-state index is 12.0. The minimum Gasteiger partial charge on any atom is -0.381 e. The summed E-state index contributed by atoms with van der Waals surface area (Å²) in [6.07, 6.45) is 5.55. The molecule has 0 aliphatic heterocycles. The monoisotopic (exact) mass is 252 g/mol. The highest BCUT2D eigenvalue weighted by atomic mass is 16.3. The summed E-state index contributed by atoms with van der Waals surface area (Å²) >= 11 is 0. The number of hydrogen-bond donors (Lipinski definition) is 3. The van der Waals surface area contributed by atoms with Crippen molar-refractivity contribution in [1.29, 1.82) is 0 Å². The Morgan fingerprint density at radius 2 is 1.83 bits per heavy atom. The third kappa shape index (κ3) is 1.86. The highest BCUT2D eigenvalue weighted by Crippen LogP contribution is 2.55. The molecule has 0 aromatic heterocycles. The van der Waals surface area contributed by atoms with Crippen LogP contribution in [0.2, 0.25) is 0 Å². The average molecular weight is 252 g/mol. The van der Waals surface area contributed by atoms with E-state index in [2.05, 4.69) is 5.32 Å². The van der Waals surface area contributed by atoms with Gasteiger partial charge in [0.25, 0.3) is 5.91 Å². The fourth-order valence-corrected chi connectivity index (χ4v) is 4.61. The number of rotatable bonds is 2. The molecule has 0 spiro atoms. The lowest BCUT2D eigenvalue weighted by Crippen LogP contribution is -2.67. The first-order valence-electron chi connectivity index (χ1n) is 7.10. The van der Waals surface area contributed by atoms with E-state index in [1.165, 1.54) is 12.8 Å². The number of hydrogen-bond acceptors (Lipinski definition) is 3. The van der Waals surface area contributed by atoms with Gasteiger partial charge in [-0.15, -0.1) is 0 Å². The molecule has 0 heterocycles. The van der Waals surface area contributed by atoms with Gasteiger partial charge in [0, 0.05) is 11.6 Å². The molecular formula is C14H24N2O2. The molecule has 4 aliphatic carbocycles. The Labute approximate surface area is 108 Å². The molecule has 2 atom stereocenters. The van der Waals surface area contributed by atoms with Gasteiger partial charge in [0.15, 0.2) is 0 Å². The number of aliphatic hydroxyl groups is 1. The van der Waals surface area contributed by atoms with E-state index < -0.39 is 5.60 Å². The van der Waals surface area contributed by atoms with Crippen LogP contribution in [0, 0.1) is 17.8 Å². The quantitative estimate of drug-likeness (QED) is 0.680. The van der Waals surface area contributed by atoms with Crippen LogP contribution in [0.1, 0.15) is 46.0 Å².